The van der Waals surface area contributed by atoms with Crippen LogP contribution in [0, 0.1) is 0 Å². The lowest BCUT2D eigenvalue weighted by Gasteiger charge is -2.20. The zero-order valence-corrected chi connectivity index (χ0v) is 23.2. The first-order chi connectivity index (χ1) is 17.0. The van der Waals surface area contributed by atoms with E-state index in [2.05, 4.69) is 36.4 Å². The highest BCUT2D eigenvalue weighted by molar-refractivity contribution is 7.14. The summed E-state index contributed by atoms with van der Waals surface area (Å²) in [6, 6.07) is 7.50. The average molecular weight is 511 g/mol. The highest BCUT2D eigenvalue weighted by Crippen LogP contribution is 2.27. The first kappa shape index (κ1) is 29.0. The Morgan fingerprint density at radius 3 is 2.36 bits per heavy atom. The molecule has 0 saturated heterocycles. The number of amides is 2. The highest BCUT2D eigenvalue weighted by Gasteiger charge is 2.16. The standard InChI is InChI=1S/C25H30N4O3S.C3H8/c1-6-7-17-8-9-18(12-20(17)16(2)30)21-15-33-24(27-21)28-22(31)13-26-23(32)19-10-11-29(14-19)25(3,4)5;1-3-2/h8-12,14-15H,6-7,13H2,1-5H3,(H,26,32)(H,27,28,31);3H2,1-2H3. The topological polar surface area (TPSA) is 93.1 Å². The molecule has 0 aliphatic carbocycles. The second-order valence-corrected chi connectivity index (χ2v) is 10.5. The van der Waals surface area contributed by atoms with Crippen LogP contribution in [0.2, 0.25) is 0 Å². The molecule has 2 amide bonds. The number of hydrogen-bond acceptors (Lipinski definition) is 5. The number of carbonyl (C=O) groups excluding carboxylic acids is 3. The van der Waals surface area contributed by atoms with Gasteiger partial charge in [-0.3, -0.25) is 14.4 Å². The molecule has 0 spiro atoms. The Bertz CT molecular complexity index is 1190. The highest BCUT2D eigenvalue weighted by atomic mass is 32.1. The predicted molar refractivity (Wildman–Crippen MR) is 148 cm³/mol. The van der Waals surface area contributed by atoms with Gasteiger partial charge in [-0.25, -0.2) is 4.98 Å². The summed E-state index contributed by atoms with van der Waals surface area (Å²) < 4.78 is 1.95. The van der Waals surface area contributed by atoms with E-state index in [1.807, 2.05) is 55.1 Å². The average Bonchev–Trinajstić information content (AvgIpc) is 3.48. The van der Waals surface area contributed by atoms with Crippen LogP contribution in [0.5, 0.6) is 0 Å². The molecule has 0 fully saturated rings. The van der Waals surface area contributed by atoms with Gasteiger partial charge < -0.3 is 15.2 Å². The van der Waals surface area contributed by atoms with Crippen molar-refractivity contribution in [3.05, 3.63) is 58.7 Å². The van der Waals surface area contributed by atoms with E-state index in [0.29, 0.717) is 22.0 Å². The summed E-state index contributed by atoms with van der Waals surface area (Å²) >= 11 is 1.29. The Morgan fingerprint density at radius 2 is 1.78 bits per heavy atom. The van der Waals surface area contributed by atoms with Crippen LogP contribution in [0.4, 0.5) is 5.13 Å². The number of ketones is 1. The zero-order valence-electron chi connectivity index (χ0n) is 22.4. The third-order valence-corrected chi connectivity index (χ3v) is 5.95. The number of Topliss-reactive ketones (excluding diaryl/α,β-unsaturated/α-hetero) is 1. The predicted octanol–water partition coefficient (Wildman–Crippen LogP) is 6.31. The minimum atomic E-state index is -0.359. The van der Waals surface area contributed by atoms with Crippen molar-refractivity contribution in [1.82, 2.24) is 14.9 Å². The molecular weight excluding hydrogens is 472 g/mol. The van der Waals surface area contributed by atoms with E-state index in [9.17, 15) is 14.4 Å². The Hall–Kier alpha value is -3.26. The molecule has 3 rings (SSSR count). The van der Waals surface area contributed by atoms with E-state index in [0.717, 1.165) is 24.0 Å². The van der Waals surface area contributed by atoms with Crippen molar-refractivity contribution < 1.29 is 14.4 Å². The van der Waals surface area contributed by atoms with E-state index in [-0.39, 0.29) is 29.7 Å². The van der Waals surface area contributed by atoms with Gasteiger partial charge >= 0.3 is 0 Å². The number of benzene rings is 1. The van der Waals surface area contributed by atoms with Gasteiger partial charge in [-0.2, -0.15) is 0 Å². The minimum Gasteiger partial charge on any atom is -0.348 e. The lowest BCUT2D eigenvalue weighted by Crippen LogP contribution is -2.32. The van der Waals surface area contributed by atoms with Gasteiger partial charge in [0.25, 0.3) is 5.91 Å². The van der Waals surface area contributed by atoms with Gasteiger partial charge in [0.05, 0.1) is 17.8 Å². The van der Waals surface area contributed by atoms with Gasteiger partial charge in [0.15, 0.2) is 10.9 Å². The van der Waals surface area contributed by atoms with Gasteiger partial charge in [-0.05, 0) is 51.8 Å². The van der Waals surface area contributed by atoms with Gasteiger partial charge in [-0.1, -0.05) is 45.7 Å². The summed E-state index contributed by atoms with van der Waals surface area (Å²) in [5.74, 6) is -0.642. The molecule has 1 aromatic carbocycles. The SMILES string of the molecule is CCC.CCCc1ccc(-c2csc(NC(=O)CNC(=O)c3ccn(C(C)(C)C)c3)n2)cc1C(C)=O. The largest absolute Gasteiger partial charge is 0.348 e. The fraction of sp³-hybridized carbons (Fsp3) is 0.429. The number of nitrogens with zero attached hydrogens (tertiary/aromatic N) is 2. The lowest BCUT2D eigenvalue weighted by atomic mass is 9.97. The first-order valence-electron chi connectivity index (χ1n) is 12.4. The second kappa shape index (κ2) is 13.2. The van der Waals surface area contributed by atoms with Crippen LogP contribution in [-0.2, 0) is 16.8 Å². The Morgan fingerprint density at radius 1 is 1.08 bits per heavy atom. The summed E-state index contributed by atoms with van der Waals surface area (Å²) in [5, 5.41) is 7.63. The van der Waals surface area contributed by atoms with Crippen LogP contribution < -0.4 is 10.6 Å². The Kier molecular flexibility index (Phi) is 10.6. The first-order valence-corrected chi connectivity index (χ1v) is 13.2. The van der Waals surface area contributed by atoms with Crippen molar-refractivity contribution in [3.63, 3.8) is 0 Å². The second-order valence-electron chi connectivity index (χ2n) is 9.63. The lowest BCUT2D eigenvalue weighted by molar-refractivity contribution is -0.115. The summed E-state index contributed by atoms with van der Waals surface area (Å²) in [6.45, 7) is 13.9. The monoisotopic (exact) mass is 510 g/mol. The molecule has 0 aliphatic rings. The molecule has 0 atom stereocenters. The van der Waals surface area contributed by atoms with E-state index >= 15 is 0 Å². The minimum absolute atomic E-state index is 0.0256. The fourth-order valence-electron chi connectivity index (χ4n) is 3.39. The normalized spacial score (nSPS) is 10.9. The summed E-state index contributed by atoms with van der Waals surface area (Å²) in [4.78, 5) is 41.2. The molecule has 0 radical (unpaired) electrons. The third-order valence-electron chi connectivity index (χ3n) is 5.19. The van der Waals surface area contributed by atoms with E-state index in [4.69, 9.17) is 0 Å². The Balaban J connectivity index is 0.00000145. The Labute approximate surface area is 218 Å². The number of anilines is 1. The number of aryl methyl sites for hydroxylation is 1. The quantitative estimate of drug-likeness (QED) is 0.348. The van der Waals surface area contributed by atoms with Gasteiger partial charge in [0, 0.05) is 34.4 Å². The molecule has 0 saturated carbocycles. The number of aromatic nitrogens is 2. The van der Waals surface area contributed by atoms with E-state index < -0.39 is 0 Å². The maximum Gasteiger partial charge on any atom is 0.253 e. The number of nitrogens with one attached hydrogen (secondary N) is 2. The number of carbonyl (C=O) groups is 3. The fourth-order valence-corrected chi connectivity index (χ4v) is 4.12. The van der Waals surface area contributed by atoms with E-state index in [1.165, 1.54) is 17.8 Å². The molecule has 2 aromatic heterocycles. The van der Waals surface area contributed by atoms with Crippen LogP contribution in [0.25, 0.3) is 11.3 Å². The van der Waals surface area contributed by atoms with Crippen molar-refractivity contribution >= 4 is 34.1 Å². The molecule has 3 aromatic rings. The number of thiazole rings is 1. The third kappa shape index (κ3) is 8.16. The zero-order chi connectivity index (χ0) is 26.9. The number of hydrogen-bond donors (Lipinski definition) is 2. The molecule has 36 heavy (non-hydrogen) atoms. The molecule has 0 aliphatic heterocycles. The van der Waals surface area contributed by atoms with Crippen molar-refractivity contribution in [2.75, 3.05) is 11.9 Å². The summed E-state index contributed by atoms with van der Waals surface area (Å²) in [5.41, 5.74) is 3.63. The van der Waals surface area contributed by atoms with Gasteiger partial charge in [0.1, 0.15) is 0 Å². The van der Waals surface area contributed by atoms with Crippen LogP contribution in [0.1, 0.15) is 87.6 Å². The summed E-state index contributed by atoms with van der Waals surface area (Å²) in [6.07, 6.45) is 6.67. The molecule has 2 N–H and O–H groups in total. The molecule has 8 heteroatoms. The van der Waals surface area contributed by atoms with Crippen LogP contribution in [0.15, 0.2) is 42.0 Å². The van der Waals surface area contributed by atoms with Crippen LogP contribution in [0.3, 0.4) is 0 Å². The maximum absolute atomic E-state index is 12.3. The van der Waals surface area contributed by atoms with E-state index in [1.54, 1.807) is 19.2 Å². The number of rotatable bonds is 8. The maximum atomic E-state index is 12.3. The summed E-state index contributed by atoms with van der Waals surface area (Å²) in [7, 11) is 0. The molecule has 2 heterocycles. The smallest absolute Gasteiger partial charge is 0.253 e. The molecule has 0 unspecified atom stereocenters. The van der Waals surface area contributed by atoms with Crippen molar-refractivity contribution in [3.8, 4) is 11.3 Å². The molecule has 7 nitrogen and oxygen atoms in total. The van der Waals surface area contributed by atoms with Crippen molar-refractivity contribution in [1.29, 1.82) is 0 Å². The van der Waals surface area contributed by atoms with Gasteiger partial charge in [-0.15, -0.1) is 11.3 Å². The van der Waals surface area contributed by atoms with Gasteiger partial charge in [0.2, 0.25) is 5.91 Å². The van der Waals surface area contributed by atoms with Crippen LogP contribution in [-0.4, -0.2) is 33.7 Å². The van der Waals surface area contributed by atoms with Crippen LogP contribution >= 0.6 is 11.3 Å². The van der Waals surface area contributed by atoms with Crippen molar-refractivity contribution in [2.45, 2.75) is 73.3 Å². The van der Waals surface area contributed by atoms with Crippen molar-refractivity contribution in [2.24, 2.45) is 0 Å². The molecule has 194 valence electrons. The molecular formula is C28H38N4O3S. The molecule has 0 bridgehead atoms.